The molecule has 4 aromatic carbocycles. The largest absolute Gasteiger partial charge is 0.446 e. The van der Waals surface area contributed by atoms with Crippen LogP contribution in [0.4, 0.5) is 5.69 Å². The van der Waals surface area contributed by atoms with Gasteiger partial charge < -0.3 is 14.8 Å². The molecule has 1 heterocycles. The van der Waals surface area contributed by atoms with Crippen molar-refractivity contribution in [3.05, 3.63) is 107 Å². The highest BCUT2D eigenvalue weighted by molar-refractivity contribution is 6.31. The molecule has 0 saturated heterocycles. The number of hydrogen-bond acceptors (Lipinski definition) is 6. The number of hydrogen-bond donors (Lipinski definition) is 1. The van der Waals surface area contributed by atoms with E-state index in [4.69, 9.17) is 21.1 Å². The van der Waals surface area contributed by atoms with E-state index in [1.165, 1.54) is 18.9 Å². The molecule has 2 amide bonds. The van der Waals surface area contributed by atoms with Crippen molar-refractivity contribution >= 4 is 51.7 Å². The van der Waals surface area contributed by atoms with Crippen molar-refractivity contribution in [2.45, 2.75) is 20.1 Å². The summed E-state index contributed by atoms with van der Waals surface area (Å²) >= 11 is 5.99. The van der Waals surface area contributed by atoms with Crippen molar-refractivity contribution in [3.63, 3.8) is 0 Å². The number of carbonyl (C=O) groups excluding carboxylic acids is 3. The summed E-state index contributed by atoms with van der Waals surface area (Å²) in [7, 11) is 0. The highest BCUT2D eigenvalue weighted by Gasteiger charge is 2.35. The van der Waals surface area contributed by atoms with Gasteiger partial charge in [0.05, 0.1) is 5.56 Å². The number of nitrogens with zero attached hydrogens (tertiary/aromatic N) is 2. The van der Waals surface area contributed by atoms with E-state index in [0.717, 1.165) is 10.8 Å². The van der Waals surface area contributed by atoms with Crippen LogP contribution < -0.4 is 10.1 Å². The third-order valence-electron chi connectivity index (χ3n) is 5.87. The molecule has 0 spiro atoms. The summed E-state index contributed by atoms with van der Waals surface area (Å²) < 4.78 is 11.7. The molecule has 0 aromatic heterocycles. The van der Waals surface area contributed by atoms with Gasteiger partial charge in [0.15, 0.2) is 0 Å². The molecule has 0 saturated carbocycles. The summed E-state index contributed by atoms with van der Waals surface area (Å²) in [6.45, 7) is 2.70. The lowest BCUT2D eigenvalue weighted by atomic mass is 10.0. The Morgan fingerprint density at radius 2 is 1.71 bits per heavy atom. The van der Waals surface area contributed by atoms with Gasteiger partial charge in [-0.25, -0.2) is 0 Å². The average molecular weight is 528 g/mol. The van der Waals surface area contributed by atoms with Crippen LogP contribution in [0.1, 0.15) is 41.6 Å². The lowest BCUT2D eigenvalue weighted by Gasteiger charge is -2.20. The van der Waals surface area contributed by atoms with Gasteiger partial charge in [0.1, 0.15) is 5.75 Å². The molecule has 1 aliphatic rings. The molecular weight excluding hydrogens is 506 g/mol. The van der Waals surface area contributed by atoms with E-state index in [0.29, 0.717) is 27.4 Å². The summed E-state index contributed by atoms with van der Waals surface area (Å²) in [6.07, 6.45) is -0.857. The van der Waals surface area contributed by atoms with Crippen molar-refractivity contribution in [1.82, 2.24) is 5.01 Å². The van der Waals surface area contributed by atoms with Gasteiger partial charge in [-0.2, -0.15) is 5.01 Å². The third-order valence-corrected chi connectivity index (χ3v) is 6.10. The molecule has 9 heteroatoms. The number of esters is 1. The number of rotatable bonds is 5. The van der Waals surface area contributed by atoms with Gasteiger partial charge in [-0.15, -0.1) is 5.10 Å². The quantitative estimate of drug-likeness (QED) is 0.257. The van der Waals surface area contributed by atoms with Crippen molar-refractivity contribution < 1.29 is 23.9 Å². The molecule has 1 unspecified atom stereocenters. The van der Waals surface area contributed by atoms with Crippen LogP contribution in [0, 0.1) is 0 Å². The van der Waals surface area contributed by atoms with E-state index in [-0.39, 0.29) is 23.5 Å². The number of hydrazone groups is 1. The fraction of sp³-hybridized carbons (Fsp3) is 0.103. The molecule has 1 N–H and O–H groups in total. The predicted octanol–water partition coefficient (Wildman–Crippen LogP) is 5.91. The number of benzene rings is 4. The van der Waals surface area contributed by atoms with Crippen LogP contribution in [0.5, 0.6) is 5.75 Å². The Bertz CT molecular complexity index is 1600. The topological polar surface area (TPSA) is 97.3 Å². The smallest absolute Gasteiger partial charge is 0.308 e. The second-order valence-electron chi connectivity index (χ2n) is 8.58. The second-order valence-corrected chi connectivity index (χ2v) is 9.02. The lowest BCUT2D eigenvalue weighted by Crippen LogP contribution is -2.25. The van der Waals surface area contributed by atoms with Crippen molar-refractivity contribution in [2.24, 2.45) is 5.10 Å². The standard InChI is InChI=1S/C29H22ClN3O5/c1-17(34)33-29(20-10-13-23(14-11-20)31-27(36)21-7-5-8-22(30)16-21)38-28(32-33)26-24-9-4-3-6-19(24)12-15-25(26)37-18(2)35/h3-16,29H,1-2H3,(H,31,36). The summed E-state index contributed by atoms with van der Waals surface area (Å²) in [5, 5.41) is 10.6. The third kappa shape index (κ3) is 5.07. The Balaban J connectivity index is 1.44. The SMILES string of the molecule is CC(=O)Oc1ccc2ccccc2c1C1=NN(C(C)=O)C(c2ccc(NC(=O)c3cccc(Cl)c3)cc2)O1. The van der Waals surface area contributed by atoms with E-state index in [9.17, 15) is 14.4 Å². The van der Waals surface area contributed by atoms with E-state index in [1.54, 1.807) is 54.6 Å². The van der Waals surface area contributed by atoms with Crippen molar-refractivity contribution in [1.29, 1.82) is 0 Å². The second kappa shape index (κ2) is 10.4. The molecule has 0 aliphatic carbocycles. The molecular formula is C29H22ClN3O5. The van der Waals surface area contributed by atoms with Crippen molar-refractivity contribution in [2.75, 3.05) is 5.32 Å². The van der Waals surface area contributed by atoms with Gasteiger partial charge in [-0.3, -0.25) is 14.4 Å². The maximum absolute atomic E-state index is 12.6. The Morgan fingerprint density at radius 3 is 2.42 bits per heavy atom. The molecule has 4 aromatic rings. The monoisotopic (exact) mass is 527 g/mol. The lowest BCUT2D eigenvalue weighted by molar-refractivity contribution is -0.135. The van der Waals surface area contributed by atoms with Crippen LogP contribution in [0.3, 0.4) is 0 Å². The first kappa shape index (κ1) is 25.0. The van der Waals surface area contributed by atoms with Crippen LogP contribution >= 0.6 is 11.6 Å². The number of amides is 2. The van der Waals surface area contributed by atoms with Gasteiger partial charge in [0.2, 0.25) is 18.0 Å². The van der Waals surface area contributed by atoms with Gasteiger partial charge in [0.25, 0.3) is 5.91 Å². The Kier molecular flexibility index (Phi) is 6.81. The van der Waals surface area contributed by atoms with E-state index >= 15 is 0 Å². The number of halogens is 1. The minimum absolute atomic E-state index is 0.150. The van der Waals surface area contributed by atoms with Crippen molar-refractivity contribution in [3.8, 4) is 5.75 Å². The first-order valence-corrected chi connectivity index (χ1v) is 12.1. The molecule has 0 fully saturated rings. The molecule has 0 radical (unpaired) electrons. The Labute approximate surface area is 223 Å². The van der Waals surface area contributed by atoms with Crippen LogP contribution in [-0.4, -0.2) is 28.7 Å². The fourth-order valence-corrected chi connectivity index (χ4v) is 4.35. The average Bonchev–Trinajstić information content (AvgIpc) is 3.34. The van der Waals surface area contributed by atoms with Gasteiger partial charge in [0, 0.05) is 35.7 Å². The van der Waals surface area contributed by atoms with Gasteiger partial charge in [-0.05, 0) is 47.2 Å². The molecule has 38 heavy (non-hydrogen) atoms. The molecule has 8 nitrogen and oxygen atoms in total. The number of ether oxygens (including phenoxy) is 2. The first-order chi connectivity index (χ1) is 18.3. The minimum Gasteiger partial charge on any atom is -0.446 e. The highest BCUT2D eigenvalue weighted by Crippen LogP contribution is 2.36. The molecule has 1 atom stereocenters. The summed E-state index contributed by atoms with van der Waals surface area (Å²) in [6, 6.07) is 24.6. The van der Waals surface area contributed by atoms with Gasteiger partial charge in [-0.1, -0.05) is 60.1 Å². The maximum atomic E-state index is 12.6. The zero-order valence-corrected chi connectivity index (χ0v) is 21.2. The zero-order chi connectivity index (χ0) is 26.8. The van der Waals surface area contributed by atoms with Crippen LogP contribution in [-0.2, 0) is 14.3 Å². The van der Waals surface area contributed by atoms with E-state index < -0.39 is 12.2 Å². The normalized spacial score (nSPS) is 14.6. The van der Waals surface area contributed by atoms with Crippen LogP contribution in [0.15, 0.2) is 90.0 Å². The van der Waals surface area contributed by atoms with Gasteiger partial charge >= 0.3 is 5.97 Å². The number of anilines is 1. The summed E-state index contributed by atoms with van der Waals surface area (Å²) in [5.74, 6) is -0.704. The van der Waals surface area contributed by atoms with E-state index in [1.807, 2.05) is 30.3 Å². The number of fused-ring (bicyclic) bond motifs is 1. The highest BCUT2D eigenvalue weighted by atomic mass is 35.5. The van der Waals surface area contributed by atoms with Crippen LogP contribution in [0.2, 0.25) is 5.02 Å². The van der Waals surface area contributed by atoms with Crippen LogP contribution in [0.25, 0.3) is 10.8 Å². The number of nitrogens with one attached hydrogen (secondary N) is 1. The molecule has 190 valence electrons. The minimum atomic E-state index is -0.857. The van der Waals surface area contributed by atoms with E-state index in [2.05, 4.69) is 10.4 Å². The predicted molar refractivity (Wildman–Crippen MR) is 144 cm³/mol. The molecule has 1 aliphatic heterocycles. The molecule has 5 rings (SSSR count). The first-order valence-electron chi connectivity index (χ1n) is 11.7. The summed E-state index contributed by atoms with van der Waals surface area (Å²) in [5.41, 5.74) is 2.09. The summed E-state index contributed by atoms with van der Waals surface area (Å²) in [4.78, 5) is 36.9. The fourth-order valence-electron chi connectivity index (χ4n) is 4.16. The zero-order valence-electron chi connectivity index (χ0n) is 20.5. The Hall–Kier alpha value is -4.69. The maximum Gasteiger partial charge on any atom is 0.308 e. The number of carbonyl (C=O) groups is 3. The Morgan fingerprint density at radius 1 is 0.947 bits per heavy atom. The molecule has 0 bridgehead atoms.